The summed E-state index contributed by atoms with van der Waals surface area (Å²) in [7, 11) is 3.25. The fourth-order valence-corrected chi connectivity index (χ4v) is 0.919. The summed E-state index contributed by atoms with van der Waals surface area (Å²) in [5, 5.41) is 0. The zero-order valence-corrected chi connectivity index (χ0v) is 14.3. The van der Waals surface area contributed by atoms with Crippen LogP contribution in [0, 0.1) is 6.92 Å². The number of benzene rings is 2. The summed E-state index contributed by atoms with van der Waals surface area (Å²) in [4.78, 5) is 0. The van der Waals surface area contributed by atoms with Crippen LogP contribution in [0.4, 0.5) is 0 Å². The second-order valence-electron chi connectivity index (χ2n) is 3.22. The molecular formula is C19H32O. The van der Waals surface area contributed by atoms with Gasteiger partial charge in [-0.25, -0.2) is 0 Å². The quantitative estimate of drug-likeness (QED) is 0.573. The Labute approximate surface area is 126 Å². The molecule has 114 valence electrons. The summed E-state index contributed by atoms with van der Waals surface area (Å²) < 4.78 is 4.25. The molecule has 0 amide bonds. The van der Waals surface area contributed by atoms with E-state index in [4.69, 9.17) is 0 Å². The lowest BCUT2D eigenvalue weighted by Gasteiger charge is -1.82. The van der Waals surface area contributed by atoms with Crippen molar-refractivity contribution in [2.24, 2.45) is 0 Å². The highest BCUT2D eigenvalue weighted by Gasteiger charge is 1.72. The molecule has 0 N–H and O–H groups in total. The molecule has 0 radical (unpaired) electrons. The minimum absolute atomic E-state index is 1.32. The van der Waals surface area contributed by atoms with E-state index >= 15 is 0 Å². The Bertz CT molecular complexity index is 289. The summed E-state index contributed by atoms with van der Waals surface area (Å²) >= 11 is 0. The molecule has 0 aliphatic heterocycles. The molecule has 1 heteroatoms. The average Bonchev–Trinajstić information content (AvgIpc) is 2.55. The van der Waals surface area contributed by atoms with Gasteiger partial charge >= 0.3 is 0 Å². The van der Waals surface area contributed by atoms with Gasteiger partial charge in [-0.05, 0) is 6.92 Å². The number of hydrogen-bond donors (Lipinski definition) is 0. The minimum Gasteiger partial charge on any atom is -0.388 e. The Hall–Kier alpha value is -1.60. The zero-order chi connectivity index (χ0) is 16.1. The predicted molar refractivity (Wildman–Crippen MR) is 93.3 cm³/mol. The fourth-order valence-electron chi connectivity index (χ4n) is 0.919. The molecule has 0 saturated carbocycles. The van der Waals surface area contributed by atoms with Crippen LogP contribution in [-0.4, -0.2) is 14.2 Å². The summed E-state index contributed by atoms with van der Waals surface area (Å²) in [5.74, 6) is 0. The maximum atomic E-state index is 4.25. The van der Waals surface area contributed by atoms with Crippen LogP contribution >= 0.6 is 0 Å². The molecule has 0 fully saturated rings. The van der Waals surface area contributed by atoms with E-state index < -0.39 is 0 Å². The van der Waals surface area contributed by atoms with Gasteiger partial charge in [0.15, 0.2) is 0 Å². The van der Waals surface area contributed by atoms with Crippen LogP contribution in [0.25, 0.3) is 0 Å². The maximum Gasteiger partial charge on any atom is 0.0351 e. The Morgan fingerprint density at radius 3 is 0.900 bits per heavy atom. The lowest BCUT2D eigenvalue weighted by Crippen LogP contribution is -1.62. The van der Waals surface area contributed by atoms with Crippen LogP contribution < -0.4 is 0 Å². The van der Waals surface area contributed by atoms with Crippen molar-refractivity contribution in [3.63, 3.8) is 0 Å². The first kappa shape index (κ1) is 23.5. The molecule has 20 heavy (non-hydrogen) atoms. The van der Waals surface area contributed by atoms with Gasteiger partial charge in [-0.15, -0.1) is 0 Å². The lowest BCUT2D eigenvalue weighted by molar-refractivity contribution is 0.277. The van der Waals surface area contributed by atoms with Gasteiger partial charge < -0.3 is 4.74 Å². The van der Waals surface area contributed by atoms with Crippen molar-refractivity contribution >= 4 is 0 Å². The van der Waals surface area contributed by atoms with Crippen molar-refractivity contribution in [3.05, 3.63) is 72.3 Å². The van der Waals surface area contributed by atoms with Gasteiger partial charge in [0.25, 0.3) is 0 Å². The van der Waals surface area contributed by atoms with Crippen LogP contribution in [0.3, 0.4) is 0 Å². The fraction of sp³-hybridized carbons (Fsp3) is 0.368. The molecule has 0 atom stereocenters. The second kappa shape index (κ2) is 26.1. The molecule has 0 heterocycles. The van der Waals surface area contributed by atoms with Crippen molar-refractivity contribution in [2.75, 3.05) is 14.2 Å². The first-order valence-corrected chi connectivity index (χ1v) is 7.23. The standard InChI is InChI=1S/C7H8.C6H6.C2H6O.2C2H6/c1-7-5-3-2-4-6-7;1-2-4-6-5-3-1;1-3-2;2*1-2/h2-6H,1H3;1-6H;1-2H3;2*1-2H3. The predicted octanol–water partition coefficient (Wildman–Crippen LogP) is 6.00. The molecule has 0 aliphatic carbocycles. The smallest absolute Gasteiger partial charge is 0.0351 e. The van der Waals surface area contributed by atoms with Gasteiger partial charge in [0, 0.05) is 14.2 Å². The second-order valence-corrected chi connectivity index (χ2v) is 3.22. The largest absolute Gasteiger partial charge is 0.388 e. The summed E-state index contributed by atoms with van der Waals surface area (Å²) in [6, 6.07) is 22.3. The van der Waals surface area contributed by atoms with E-state index in [0.717, 1.165) is 0 Å². The molecule has 0 aromatic heterocycles. The molecule has 2 rings (SSSR count). The lowest BCUT2D eigenvalue weighted by atomic mass is 10.2. The van der Waals surface area contributed by atoms with Gasteiger partial charge in [-0.2, -0.15) is 0 Å². The first-order valence-electron chi connectivity index (χ1n) is 7.23. The highest BCUT2D eigenvalue weighted by atomic mass is 16.4. The molecule has 0 aliphatic rings. The normalized spacial score (nSPS) is 6.95. The number of rotatable bonds is 0. The van der Waals surface area contributed by atoms with Gasteiger partial charge in [0.2, 0.25) is 0 Å². The Kier molecular flexibility index (Phi) is 30.6. The summed E-state index contributed by atoms with van der Waals surface area (Å²) in [6.45, 7) is 10.1. The molecule has 2 aromatic rings. The van der Waals surface area contributed by atoms with Crippen molar-refractivity contribution in [2.45, 2.75) is 34.6 Å². The van der Waals surface area contributed by atoms with Gasteiger partial charge in [0.05, 0.1) is 0 Å². The van der Waals surface area contributed by atoms with Crippen LogP contribution in [0.5, 0.6) is 0 Å². The molecule has 0 unspecified atom stereocenters. The van der Waals surface area contributed by atoms with E-state index in [0.29, 0.717) is 0 Å². The molecule has 0 bridgehead atoms. The average molecular weight is 276 g/mol. The van der Waals surface area contributed by atoms with Crippen molar-refractivity contribution < 1.29 is 4.74 Å². The van der Waals surface area contributed by atoms with Crippen LogP contribution in [0.15, 0.2) is 66.7 Å². The van der Waals surface area contributed by atoms with Crippen LogP contribution in [-0.2, 0) is 4.74 Å². The van der Waals surface area contributed by atoms with Crippen molar-refractivity contribution in [1.82, 2.24) is 0 Å². The molecule has 1 nitrogen and oxygen atoms in total. The Morgan fingerprint density at radius 2 is 0.750 bits per heavy atom. The number of methoxy groups -OCH3 is 1. The third-order valence-corrected chi connectivity index (χ3v) is 1.61. The zero-order valence-electron chi connectivity index (χ0n) is 14.3. The third-order valence-electron chi connectivity index (χ3n) is 1.61. The third kappa shape index (κ3) is 25.3. The van der Waals surface area contributed by atoms with Crippen molar-refractivity contribution in [1.29, 1.82) is 0 Å². The van der Waals surface area contributed by atoms with Crippen LogP contribution in [0.2, 0.25) is 0 Å². The maximum absolute atomic E-state index is 4.25. The van der Waals surface area contributed by atoms with E-state index in [2.05, 4.69) is 23.8 Å². The topological polar surface area (TPSA) is 9.23 Å². The molecular weight excluding hydrogens is 244 g/mol. The van der Waals surface area contributed by atoms with Gasteiger partial charge in [-0.3, -0.25) is 0 Å². The number of hydrogen-bond acceptors (Lipinski definition) is 1. The number of aryl methyl sites for hydroxylation is 1. The highest BCUT2D eigenvalue weighted by molar-refractivity contribution is 5.11. The van der Waals surface area contributed by atoms with Gasteiger partial charge in [0.1, 0.15) is 0 Å². The van der Waals surface area contributed by atoms with E-state index in [1.54, 1.807) is 14.2 Å². The van der Waals surface area contributed by atoms with E-state index in [-0.39, 0.29) is 0 Å². The van der Waals surface area contributed by atoms with E-state index in [1.807, 2.05) is 82.3 Å². The molecule has 0 spiro atoms. The van der Waals surface area contributed by atoms with Crippen molar-refractivity contribution in [3.8, 4) is 0 Å². The highest BCUT2D eigenvalue weighted by Crippen LogP contribution is 1.92. The number of ether oxygens (including phenoxy) is 1. The van der Waals surface area contributed by atoms with E-state index in [1.165, 1.54) is 5.56 Å². The summed E-state index contributed by atoms with van der Waals surface area (Å²) in [5.41, 5.74) is 1.32. The first-order chi connectivity index (χ1) is 9.81. The van der Waals surface area contributed by atoms with Crippen LogP contribution in [0.1, 0.15) is 33.3 Å². The SMILES string of the molecule is CC.CC.COC.Cc1ccccc1.c1ccccc1. The summed E-state index contributed by atoms with van der Waals surface area (Å²) in [6.07, 6.45) is 0. The molecule has 2 aromatic carbocycles. The Balaban J connectivity index is -0.000000203. The minimum atomic E-state index is 1.32. The molecule has 0 saturated heterocycles. The Morgan fingerprint density at radius 1 is 0.550 bits per heavy atom. The van der Waals surface area contributed by atoms with Gasteiger partial charge in [-0.1, -0.05) is 100.0 Å². The van der Waals surface area contributed by atoms with E-state index in [9.17, 15) is 0 Å². The monoisotopic (exact) mass is 276 g/mol.